The van der Waals surface area contributed by atoms with Crippen molar-refractivity contribution in [1.82, 2.24) is 0 Å². The van der Waals surface area contributed by atoms with E-state index in [-0.39, 0.29) is 5.97 Å². The predicted molar refractivity (Wildman–Crippen MR) is 75.6 cm³/mol. The lowest BCUT2D eigenvalue weighted by molar-refractivity contribution is -0.161. The van der Waals surface area contributed by atoms with Crippen molar-refractivity contribution in [3.8, 4) is 0 Å². The summed E-state index contributed by atoms with van der Waals surface area (Å²) in [7, 11) is 0. The van der Waals surface area contributed by atoms with Crippen LogP contribution < -0.4 is 0 Å². The van der Waals surface area contributed by atoms with Crippen molar-refractivity contribution in [3.05, 3.63) is 12.2 Å². The van der Waals surface area contributed by atoms with E-state index in [4.69, 9.17) is 4.74 Å². The third-order valence-electron chi connectivity index (χ3n) is 5.91. The van der Waals surface area contributed by atoms with E-state index in [1.807, 2.05) is 0 Å². The van der Waals surface area contributed by atoms with Gasteiger partial charge in [-0.3, -0.25) is 0 Å². The number of hydrogen-bond donors (Lipinski definition) is 0. The Morgan fingerprint density at radius 1 is 1.21 bits per heavy atom. The molecule has 0 amide bonds. The Bertz CT molecular complexity index is 395. The van der Waals surface area contributed by atoms with Gasteiger partial charge < -0.3 is 4.74 Å². The molecular formula is C17H26O2. The highest BCUT2D eigenvalue weighted by Crippen LogP contribution is 2.66. The van der Waals surface area contributed by atoms with Crippen molar-refractivity contribution >= 4 is 5.97 Å². The van der Waals surface area contributed by atoms with Crippen LogP contribution in [0.25, 0.3) is 0 Å². The first kappa shape index (κ1) is 13.2. The molecule has 2 atom stereocenters. The lowest BCUT2D eigenvalue weighted by Gasteiger charge is -2.62. The Labute approximate surface area is 116 Å². The lowest BCUT2D eigenvalue weighted by atomic mass is 9.44. The maximum atomic E-state index is 11.7. The van der Waals surface area contributed by atoms with Crippen LogP contribution in [-0.2, 0) is 9.53 Å². The van der Waals surface area contributed by atoms with E-state index in [1.165, 1.54) is 44.9 Å². The van der Waals surface area contributed by atoms with Crippen LogP contribution in [0.1, 0.15) is 58.8 Å². The molecule has 0 aromatic rings. The van der Waals surface area contributed by atoms with E-state index in [2.05, 4.69) is 13.5 Å². The first-order valence-electron chi connectivity index (χ1n) is 7.79. The van der Waals surface area contributed by atoms with Gasteiger partial charge in [0.15, 0.2) is 0 Å². The third-order valence-corrected chi connectivity index (χ3v) is 5.91. The lowest BCUT2D eigenvalue weighted by Crippen LogP contribution is -2.53. The normalized spacial score (nSPS) is 43.3. The van der Waals surface area contributed by atoms with Gasteiger partial charge >= 0.3 is 5.97 Å². The van der Waals surface area contributed by atoms with Crippen LogP contribution in [0.15, 0.2) is 12.2 Å². The van der Waals surface area contributed by atoms with Crippen LogP contribution >= 0.6 is 0 Å². The standard InChI is InChI=1S/C17H26O2/c1-4-16-6-13-5-14(7-16)9-17(8-13,10-16)11-19-15(18)12(2)3/h13-14H,2,4-11H2,1,3H3. The molecule has 2 heteroatoms. The van der Waals surface area contributed by atoms with E-state index in [1.54, 1.807) is 6.92 Å². The topological polar surface area (TPSA) is 26.3 Å². The summed E-state index contributed by atoms with van der Waals surface area (Å²) in [6.07, 6.45) is 9.44. The van der Waals surface area contributed by atoms with Crippen LogP contribution in [0.4, 0.5) is 0 Å². The molecule has 2 unspecified atom stereocenters. The summed E-state index contributed by atoms with van der Waals surface area (Å²) in [5.74, 6) is 1.58. The summed E-state index contributed by atoms with van der Waals surface area (Å²) in [6, 6.07) is 0. The average molecular weight is 262 g/mol. The molecule has 4 rings (SSSR count). The molecule has 0 aromatic carbocycles. The van der Waals surface area contributed by atoms with Gasteiger partial charge in [0.25, 0.3) is 0 Å². The van der Waals surface area contributed by atoms with Crippen molar-refractivity contribution in [2.45, 2.75) is 58.8 Å². The van der Waals surface area contributed by atoms with E-state index in [9.17, 15) is 4.79 Å². The number of esters is 1. The fourth-order valence-corrected chi connectivity index (χ4v) is 5.57. The Hall–Kier alpha value is -0.790. The summed E-state index contributed by atoms with van der Waals surface area (Å²) in [6.45, 7) is 8.39. The Kier molecular flexibility index (Phi) is 3.03. The SMILES string of the molecule is C=C(C)C(=O)OCC12CC3CC(CC(CC)(C3)C1)C2. The highest BCUT2D eigenvalue weighted by Gasteiger charge is 2.57. The third kappa shape index (κ3) is 2.23. The zero-order valence-corrected chi connectivity index (χ0v) is 12.3. The number of carbonyl (C=O) groups is 1. The summed E-state index contributed by atoms with van der Waals surface area (Å²) in [4.78, 5) is 11.7. The number of rotatable bonds is 4. The molecule has 4 aliphatic carbocycles. The summed E-state index contributed by atoms with van der Waals surface area (Å²) < 4.78 is 5.54. The minimum absolute atomic E-state index is 0.207. The van der Waals surface area contributed by atoms with Gasteiger partial charge in [0.1, 0.15) is 0 Å². The summed E-state index contributed by atoms with van der Waals surface area (Å²) in [5, 5.41) is 0. The highest BCUT2D eigenvalue weighted by molar-refractivity contribution is 5.86. The maximum absolute atomic E-state index is 11.7. The molecule has 0 saturated heterocycles. The quantitative estimate of drug-likeness (QED) is 0.563. The average Bonchev–Trinajstić information content (AvgIpc) is 2.34. The minimum atomic E-state index is -0.207. The second kappa shape index (κ2) is 4.36. The van der Waals surface area contributed by atoms with Crippen molar-refractivity contribution in [2.75, 3.05) is 6.61 Å². The first-order chi connectivity index (χ1) is 8.96. The molecule has 0 N–H and O–H groups in total. The fraction of sp³-hybridized carbons (Fsp3) is 0.824. The van der Waals surface area contributed by atoms with Crippen LogP contribution in [0.3, 0.4) is 0 Å². The first-order valence-corrected chi connectivity index (χ1v) is 7.79. The van der Waals surface area contributed by atoms with Crippen LogP contribution in [0.5, 0.6) is 0 Å². The smallest absolute Gasteiger partial charge is 0.333 e. The Morgan fingerprint density at radius 3 is 2.32 bits per heavy atom. The number of hydrogen-bond acceptors (Lipinski definition) is 2. The molecule has 4 fully saturated rings. The van der Waals surface area contributed by atoms with E-state index >= 15 is 0 Å². The maximum Gasteiger partial charge on any atom is 0.333 e. The molecule has 106 valence electrons. The van der Waals surface area contributed by atoms with Gasteiger partial charge in [0.05, 0.1) is 6.61 Å². The van der Waals surface area contributed by atoms with Gasteiger partial charge in [-0.1, -0.05) is 19.9 Å². The number of ether oxygens (including phenoxy) is 1. The molecular weight excluding hydrogens is 236 g/mol. The molecule has 0 aromatic heterocycles. The monoisotopic (exact) mass is 262 g/mol. The van der Waals surface area contributed by atoms with Crippen LogP contribution in [0.2, 0.25) is 0 Å². The molecule has 4 bridgehead atoms. The van der Waals surface area contributed by atoms with Crippen molar-refractivity contribution in [1.29, 1.82) is 0 Å². The molecule has 0 radical (unpaired) electrons. The molecule has 0 spiro atoms. The van der Waals surface area contributed by atoms with Gasteiger partial charge in [-0.05, 0) is 62.7 Å². The molecule has 4 saturated carbocycles. The van der Waals surface area contributed by atoms with Gasteiger partial charge in [-0.25, -0.2) is 4.79 Å². The van der Waals surface area contributed by atoms with Gasteiger partial charge in [-0.15, -0.1) is 0 Å². The Balaban J connectivity index is 1.73. The predicted octanol–water partition coefficient (Wildman–Crippen LogP) is 4.10. The second-order valence-corrected chi connectivity index (χ2v) is 7.67. The largest absolute Gasteiger partial charge is 0.462 e. The van der Waals surface area contributed by atoms with E-state index in [0.717, 1.165) is 11.8 Å². The molecule has 19 heavy (non-hydrogen) atoms. The molecule has 2 nitrogen and oxygen atoms in total. The van der Waals surface area contributed by atoms with Crippen molar-refractivity contribution < 1.29 is 9.53 Å². The number of carbonyl (C=O) groups excluding carboxylic acids is 1. The summed E-state index contributed by atoms with van der Waals surface area (Å²) >= 11 is 0. The molecule has 0 heterocycles. The Morgan fingerprint density at radius 2 is 1.79 bits per heavy atom. The zero-order chi connectivity index (χ0) is 13.7. The molecule has 0 aliphatic heterocycles. The van der Waals surface area contributed by atoms with E-state index < -0.39 is 0 Å². The van der Waals surface area contributed by atoms with Gasteiger partial charge in [0.2, 0.25) is 0 Å². The van der Waals surface area contributed by atoms with Crippen LogP contribution in [-0.4, -0.2) is 12.6 Å². The van der Waals surface area contributed by atoms with Gasteiger partial charge in [-0.2, -0.15) is 0 Å². The highest BCUT2D eigenvalue weighted by atomic mass is 16.5. The van der Waals surface area contributed by atoms with Gasteiger partial charge in [0, 0.05) is 11.0 Å². The van der Waals surface area contributed by atoms with E-state index in [0.29, 0.717) is 23.0 Å². The minimum Gasteiger partial charge on any atom is -0.462 e. The zero-order valence-electron chi connectivity index (χ0n) is 12.3. The van der Waals surface area contributed by atoms with Crippen molar-refractivity contribution in [2.24, 2.45) is 22.7 Å². The van der Waals surface area contributed by atoms with Crippen molar-refractivity contribution in [3.63, 3.8) is 0 Å². The molecule has 4 aliphatic rings. The second-order valence-electron chi connectivity index (χ2n) is 7.67. The van der Waals surface area contributed by atoms with Crippen LogP contribution in [0, 0.1) is 22.7 Å². The fourth-order valence-electron chi connectivity index (χ4n) is 5.57. The summed E-state index contributed by atoms with van der Waals surface area (Å²) in [5.41, 5.74) is 1.39.